The molecule has 1 amide bonds. The van der Waals surface area contributed by atoms with Crippen LogP contribution in [0.5, 0.6) is 0 Å². The number of alkyl halides is 1. The number of amides is 1. The summed E-state index contributed by atoms with van der Waals surface area (Å²) in [6, 6.07) is 10.9. The molecule has 0 fully saturated rings. The largest absolute Gasteiger partial charge is 0.343 e. The van der Waals surface area contributed by atoms with Crippen LogP contribution in [0, 0.1) is 0 Å². The highest BCUT2D eigenvalue weighted by Crippen LogP contribution is 2.14. The highest BCUT2D eigenvalue weighted by atomic mass is 19.1. The standard InChI is InChI=1S/C15H16FN3O/c1-15(2,10-16)19-14(20)12-8-9-17-13(18-12)11-6-4-3-5-7-11/h3-9H,10H2,1-2H3,(H,19,20). The van der Waals surface area contributed by atoms with Crippen molar-refractivity contribution in [3.63, 3.8) is 0 Å². The highest BCUT2D eigenvalue weighted by molar-refractivity contribution is 5.93. The van der Waals surface area contributed by atoms with Crippen molar-refractivity contribution >= 4 is 5.91 Å². The lowest BCUT2D eigenvalue weighted by molar-refractivity contribution is 0.0894. The minimum absolute atomic E-state index is 0.223. The third-order valence-electron chi connectivity index (χ3n) is 2.71. The molecule has 0 saturated carbocycles. The van der Waals surface area contributed by atoms with E-state index in [2.05, 4.69) is 15.3 Å². The van der Waals surface area contributed by atoms with Crippen molar-refractivity contribution in [3.05, 3.63) is 48.3 Å². The monoisotopic (exact) mass is 273 g/mol. The van der Waals surface area contributed by atoms with Gasteiger partial charge in [0.2, 0.25) is 0 Å². The van der Waals surface area contributed by atoms with E-state index < -0.39 is 18.1 Å². The van der Waals surface area contributed by atoms with E-state index in [9.17, 15) is 9.18 Å². The maximum Gasteiger partial charge on any atom is 0.270 e. The van der Waals surface area contributed by atoms with Gasteiger partial charge in [0.1, 0.15) is 12.4 Å². The predicted molar refractivity (Wildman–Crippen MR) is 75.0 cm³/mol. The quantitative estimate of drug-likeness (QED) is 0.931. The molecule has 0 aliphatic rings. The number of halogens is 1. The predicted octanol–water partition coefficient (Wildman–Crippen LogP) is 2.62. The maximum absolute atomic E-state index is 12.7. The lowest BCUT2D eigenvalue weighted by atomic mass is 10.1. The second-order valence-electron chi connectivity index (χ2n) is 5.10. The molecule has 20 heavy (non-hydrogen) atoms. The summed E-state index contributed by atoms with van der Waals surface area (Å²) in [5.74, 6) is 0.0588. The molecule has 0 saturated heterocycles. The van der Waals surface area contributed by atoms with Gasteiger partial charge in [-0.15, -0.1) is 0 Å². The van der Waals surface area contributed by atoms with Gasteiger partial charge in [0, 0.05) is 11.8 Å². The fourth-order valence-electron chi connectivity index (χ4n) is 1.62. The van der Waals surface area contributed by atoms with Crippen LogP contribution in [-0.2, 0) is 0 Å². The van der Waals surface area contributed by atoms with E-state index in [4.69, 9.17) is 0 Å². The van der Waals surface area contributed by atoms with E-state index in [1.165, 1.54) is 12.3 Å². The molecule has 2 aromatic rings. The summed E-state index contributed by atoms with van der Waals surface area (Å²) < 4.78 is 12.7. The van der Waals surface area contributed by atoms with Crippen LogP contribution < -0.4 is 5.32 Å². The van der Waals surface area contributed by atoms with Crippen molar-refractivity contribution in [2.45, 2.75) is 19.4 Å². The molecule has 1 heterocycles. The van der Waals surface area contributed by atoms with Crippen LogP contribution in [0.15, 0.2) is 42.6 Å². The van der Waals surface area contributed by atoms with E-state index >= 15 is 0 Å². The molecule has 0 aliphatic carbocycles. The van der Waals surface area contributed by atoms with Gasteiger partial charge in [-0.25, -0.2) is 14.4 Å². The van der Waals surface area contributed by atoms with E-state index in [-0.39, 0.29) is 5.69 Å². The summed E-state index contributed by atoms with van der Waals surface area (Å²) in [6.45, 7) is 2.59. The Bertz CT molecular complexity index is 599. The zero-order chi connectivity index (χ0) is 14.6. The van der Waals surface area contributed by atoms with Crippen LogP contribution in [0.1, 0.15) is 24.3 Å². The van der Waals surface area contributed by atoms with E-state index in [0.29, 0.717) is 5.82 Å². The molecule has 0 bridgehead atoms. The number of aromatic nitrogens is 2. The van der Waals surface area contributed by atoms with Crippen LogP contribution in [0.4, 0.5) is 4.39 Å². The molecule has 0 unspecified atom stereocenters. The molecule has 5 heteroatoms. The third kappa shape index (κ3) is 3.38. The molecular formula is C15H16FN3O. The van der Waals surface area contributed by atoms with Crippen LogP contribution in [0.3, 0.4) is 0 Å². The van der Waals surface area contributed by atoms with Gasteiger partial charge in [0.15, 0.2) is 5.82 Å². The van der Waals surface area contributed by atoms with Gasteiger partial charge in [-0.05, 0) is 19.9 Å². The molecule has 1 aromatic heterocycles. The van der Waals surface area contributed by atoms with Crippen molar-refractivity contribution in [3.8, 4) is 11.4 Å². The van der Waals surface area contributed by atoms with Crippen molar-refractivity contribution in [2.75, 3.05) is 6.67 Å². The third-order valence-corrected chi connectivity index (χ3v) is 2.71. The molecule has 2 rings (SSSR count). The molecule has 1 aromatic carbocycles. The number of rotatable bonds is 4. The molecule has 4 nitrogen and oxygen atoms in total. The maximum atomic E-state index is 12.7. The Hall–Kier alpha value is -2.30. The summed E-state index contributed by atoms with van der Waals surface area (Å²) in [7, 11) is 0. The van der Waals surface area contributed by atoms with Crippen molar-refractivity contribution in [1.82, 2.24) is 15.3 Å². The molecule has 104 valence electrons. The van der Waals surface area contributed by atoms with Gasteiger partial charge in [-0.3, -0.25) is 4.79 Å². The van der Waals surface area contributed by atoms with Crippen LogP contribution in [0.25, 0.3) is 11.4 Å². The van der Waals surface area contributed by atoms with Crippen molar-refractivity contribution in [1.29, 1.82) is 0 Å². The van der Waals surface area contributed by atoms with Gasteiger partial charge < -0.3 is 5.32 Å². The van der Waals surface area contributed by atoms with Crippen LogP contribution >= 0.6 is 0 Å². The first-order valence-electron chi connectivity index (χ1n) is 6.29. The van der Waals surface area contributed by atoms with Crippen LogP contribution in [0.2, 0.25) is 0 Å². The van der Waals surface area contributed by atoms with E-state index in [1.54, 1.807) is 13.8 Å². The average Bonchev–Trinajstić information content (AvgIpc) is 2.48. The zero-order valence-electron chi connectivity index (χ0n) is 11.4. The first kappa shape index (κ1) is 14.1. The summed E-state index contributed by atoms with van der Waals surface area (Å²) in [4.78, 5) is 20.4. The Labute approximate surface area is 117 Å². The lowest BCUT2D eigenvalue weighted by Gasteiger charge is -2.22. The number of carbonyl (C=O) groups excluding carboxylic acids is 1. The Morgan fingerprint density at radius 3 is 2.60 bits per heavy atom. The van der Waals surface area contributed by atoms with Crippen LogP contribution in [-0.4, -0.2) is 28.1 Å². The number of hydrogen-bond donors (Lipinski definition) is 1. The Kier molecular flexibility index (Phi) is 4.08. The summed E-state index contributed by atoms with van der Waals surface area (Å²) in [5.41, 5.74) is 0.141. The van der Waals surface area contributed by atoms with Crippen molar-refractivity contribution in [2.24, 2.45) is 0 Å². The summed E-state index contributed by atoms with van der Waals surface area (Å²) >= 11 is 0. The molecule has 0 atom stereocenters. The molecule has 0 radical (unpaired) electrons. The fraction of sp³-hybridized carbons (Fsp3) is 0.267. The fourth-order valence-corrected chi connectivity index (χ4v) is 1.62. The van der Waals surface area contributed by atoms with Gasteiger partial charge in [0.05, 0.1) is 5.54 Å². The van der Waals surface area contributed by atoms with Crippen molar-refractivity contribution < 1.29 is 9.18 Å². The lowest BCUT2D eigenvalue weighted by Crippen LogP contribution is -2.45. The number of nitrogens with zero attached hydrogens (tertiary/aromatic N) is 2. The Morgan fingerprint density at radius 1 is 1.25 bits per heavy atom. The van der Waals surface area contributed by atoms with Gasteiger partial charge in [-0.1, -0.05) is 30.3 Å². The smallest absolute Gasteiger partial charge is 0.270 e. The van der Waals surface area contributed by atoms with Gasteiger partial charge in [0.25, 0.3) is 5.91 Å². The normalized spacial score (nSPS) is 11.2. The number of nitrogens with one attached hydrogen (secondary N) is 1. The number of hydrogen-bond acceptors (Lipinski definition) is 3. The van der Waals surface area contributed by atoms with E-state index in [1.807, 2.05) is 30.3 Å². The molecule has 0 aliphatic heterocycles. The van der Waals surface area contributed by atoms with E-state index in [0.717, 1.165) is 5.56 Å². The summed E-state index contributed by atoms with van der Waals surface area (Å²) in [5, 5.41) is 2.60. The summed E-state index contributed by atoms with van der Waals surface area (Å²) in [6.07, 6.45) is 1.52. The molecular weight excluding hydrogens is 257 g/mol. The first-order valence-corrected chi connectivity index (χ1v) is 6.29. The second kappa shape index (κ2) is 5.77. The first-order chi connectivity index (χ1) is 9.52. The Balaban J connectivity index is 2.25. The molecule has 0 spiro atoms. The van der Waals surface area contributed by atoms with Gasteiger partial charge in [-0.2, -0.15) is 0 Å². The van der Waals surface area contributed by atoms with Gasteiger partial charge >= 0.3 is 0 Å². The SMILES string of the molecule is CC(C)(CF)NC(=O)c1ccnc(-c2ccccc2)n1. The highest BCUT2D eigenvalue weighted by Gasteiger charge is 2.21. The Morgan fingerprint density at radius 2 is 1.95 bits per heavy atom. The average molecular weight is 273 g/mol. The zero-order valence-corrected chi connectivity index (χ0v) is 11.4. The number of benzene rings is 1. The topological polar surface area (TPSA) is 54.9 Å². The molecule has 1 N–H and O–H groups in total. The second-order valence-corrected chi connectivity index (χ2v) is 5.10. The minimum Gasteiger partial charge on any atom is -0.343 e. The number of carbonyl (C=O) groups is 1. The minimum atomic E-state index is -0.908.